The van der Waals surface area contributed by atoms with E-state index in [4.69, 9.17) is 0 Å². The summed E-state index contributed by atoms with van der Waals surface area (Å²) >= 11 is 3.44. The molecule has 0 saturated heterocycles. The molecule has 1 aliphatic carbocycles. The van der Waals surface area contributed by atoms with Gasteiger partial charge in [0.05, 0.1) is 6.54 Å². The van der Waals surface area contributed by atoms with Gasteiger partial charge in [0.25, 0.3) is 0 Å². The van der Waals surface area contributed by atoms with E-state index in [2.05, 4.69) is 39.2 Å². The average molecular weight is 291 g/mol. The van der Waals surface area contributed by atoms with E-state index in [1.54, 1.807) is 22.7 Å². The monoisotopic (exact) mass is 291 g/mol. The Morgan fingerprint density at radius 2 is 2.21 bits per heavy atom. The molecule has 100 valence electrons. The first-order chi connectivity index (χ1) is 9.33. The van der Waals surface area contributed by atoms with Gasteiger partial charge in [-0.3, -0.25) is 4.79 Å². The number of carbonyl (C=O) groups excluding carboxylic acids is 1. The molecule has 0 radical (unpaired) electrons. The van der Waals surface area contributed by atoms with E-state index in [-0.39, 0.29) is 0 Å². The second-order valence-electron chi connectivity index (χ2n) is 4.96. The number of hydrogen-bond donors (Lipinski definition) is 0. The Hall–Kier alpha value is -1.13. The van der Waals surface area contributed by atoms with E-state index < -0.39 is 0 Å². The Kier molecular flexibility index (Phi) is 3.99. The fourth-order valence-electron chi connectivity index (χ4n) is 2.21. The number of hydrogen-bond acceptors (Lipinski definition) is 3. The molecule has 0 atom stereocenters. The zero-order valence-corrected chi connectivity index (χ0v) is 12.4. The number of rotatable bonds is 6. The highest BCUT2D eigenvalue weighted by atomic mass is 32.1. The summed E-state index contributed by atoms with van der Waals surface area (Å²) in [5, 5.41) is 6.29. The van der Waals surface area contributed by atoms with E-state index in [0.29, 0.717) is 18.4 Å². The van der Waals surface area contributed by atoms with E-state index in [9.17, 15) is 4.79 Å². The summed E-state index contributed by atoms with van der Waals surface area (Å²) in [5.74, 6) is 0.308. The molecule has 2 aromatic rings. The van der Waals surface area contributed by atoms with Crippen molar-refractivity contribution >= 4 is 28.6 Å². The number of nitrogens with zero attached hydrogens (tertiary/aromatic N) is 1. The summed E-state index contributed by atoms with van der Waals surface area (Å²) < 4.78 is 0. The molecule has 1 amide bonds. The fourth-order valence-corrected chi connectivity index (χ4v) is 3.61. The molecule has 0 unspecified atom stereocenters. The minimum Gasteiger partial charge on any atom is -0.335 e. The predicted octanol–water partition coefficient (Wildman–Crippen LogP) is 3.93. The van der Waals surface area contributed by atoms with Crippen LogP contribution >= 0.6 is 22.7 Å². The normalized spacial score (nSPS) is 14.5. The maximum absolute atomic E-state index is 12.4. The van der Waals surface area contributed by atoms with Crippen LogP contribution in [0.4, 0.5) is 0 Å². The van der Waals surface area contributed by atoms with Crippen LogP contribution in [0.1, 0.15) is 29.7 Å². The number of aryl methyl sites for hydroxylation is 1. The van der Waals surface area contributed by atoms with Crippen molar-refractivity contribution < 1.29 is 4.79 Å². The van der Waals surface area contributed by atoms with Gasteiger partial charge in [0.2, 0.25) is 5.91 Å². The number of carbonyl (C=O) groups is 1. The second-order valence-corrected chi connectivity index (χ2v) is 6.78. The Labute approximate surface area is 121 Å². The molecule has 0 aliphatic heterocycles. The van der Waals surface area contributed by atoms with Crippen molar-refractivity contribution in [2.45, 2.75) is 38.3 Å². The quantitative estimate of drug-likeness (QED) is 0.789. The first-order valence-corrected chi connectivity index (χ1v) is 8.48. The minimum absolute atomic E-state index is 0.308. The third-order valence-electron chi connectivity index (χ3n) is 3.42. The molecule has 19 heavy (non-hydrogen) atoms. The third-order valence-corrected chi connectivity index (χ3v) is 5.02. The van der Waals surface area contributed by atoms with Gasteiger partial charge in [0.1, 0.15) is 0 Å². The van der Waals surface area contributed by atoms with Crippen LogP contribution in [-0.4, -0.2) is 16.8 Å². The van der Waals surface area contributed by atoms with Gasteiger partial charge in [-0.1, -0.05) is 6.07 Å². The Bertz CT molecular complexity index is 514. The highest BCUT2D eigenvalue weighted by Crippen LogP contribution is 2.30. The van der Waals surface area contributed by atoms with Gasteiger partial charge in [-0.05, 0) is 53.1 Å². The van der Waals surface area contributed by atoms with Crippen molar-refractivity contribution in [3.05, 3.63) is 44.8 Å². The summed E-state index contributed by atoms with van der Waals surface area (Å²) in [7, 11) is 0. The van der Waals surface area contributed by atoms with Gasteiger partial charge >= 0.3 is 0 Å². The molecule has 3 rings (SSSR count). The first-order valence-electron chi connectivity index (χ1n) is 6.66. The van der Waals surface area contributed by atoms with Gasteiger partial charge in [-0.25, -0.2) is 0 Å². The average Bonchev–Trinajstić information content (AvgIpc) is 2.94. The molecule has 0 spiro atoms. The summed E-state index contributed by atoms with van der Waals surface area (Å²) in [6, 6.07) is 6.78. The van der Waals surface area contributed by atoms with E-state index >= 15 is 0 Å². The van der Waals surface area contributed by atoms with Crippen LogP contribution in [0.2, 0.25) is 0 Å². The molecule has 0 aromatic carbocycles. The topological polar surface area (TPSA) is 20.3 Å². The zero-order valence-electron chi connectivity index (χ0n) is 10.7. The highest BCUT2D eigenvalue weighted by Gasteiger charge is 2.32. The SMILES string of the molecule is O=C(CCc1ccsc1)N(Cc1cccs1)C1CC1. The van der Waals surface area contributed by atoms with Crippen LogP contribution in [-0.2, 0) is 17.8 Å². The lowest BCUT2D eigenvalue weighted by Gasteiger charge is -2.21. The largest absolute Gasteiger partial charge is 0.335 e. The van der Waals surface area contributed by atoms with Crippen LogP contribution < -0.4 is 0 Å². The van der Waals surface area contributed by atoms with Gasteiger partial charge in [0.15, 0.2) is 0 Å². The molecular weight excluding hydrogens is 274 g/mol. The van der Waals surface area contributed by atoms with Crippen molar-refractivity contribution in [1.82, 2.24) is 4.90 Å². The molecule has 2 nitrogen and oxygen atoms in total. The van der Waals surface area contributed by atoms with Gasteiger partial charge in [0, 0.05) is 17.3 Å². The van der Waals surface area contributed by atoms with Crippen molar-refractivity contribution in [3.8, 4) is 0 Å². The molecule has 0 N–H and O–H groups in total. The van der Waals surface area contributed by atoms with Crippen LogP contribution in [0.5, 0.6) is 0 Å². The third kappa shape index (κ3) is 3.45. The van der Waals surface area contributed by atoms with E-state index in [0.717, 1.165) is 13.0 Å². The lowest BCUT2D eigenvalue weighted by Crippen LogP contribution is -2.32. The maximum atomic E-state index is 12.4. The Balaban J connectivity index is 1.58. The zero-order chi connectivity index (χ0) is 13.1. The molecule has 2 aromatic heterocycles. The van der Waals surface area contributed by atoms with Crippen LogP contribution in [0.3, 0.4) is 0 Å². The summed E-state index contributed by atoms with van der Waals surface area (Å²) in [6.45, 7) is 0.796. The standard InChI is InChI=1S/C15H17NOS2/c17-15(6-3-12-7-9-18-11-12)16(13-4-5-13)10-14-2-1-8-19-14/h1-2,7-9,11,13H,3-6,10H2. The predicted molar refractivity (Wildman–Crippen MR) is 80.5 cm³/mol. The van der Waals surface area contributed by atoms with E-state index in [1.165, 1.54) is 23.3 Å². The van der Waals surface area contributed by atoms with Crippen molar-refractivity contribution in [2.75, 3.05) is 0 Å². The first kappa shape index (κ1) is 12.9. The molecular formula is C15H17NOS2. The van der Waals surface area contributed by atoms with Gasteiger partial charge in [-0.15, -0.1) is 11.3 Å². The van der Waals surface area contributed by atoms with Crippen molar-refractivity contribution in [2.24, 2.45) is 0 Å². The lowest BCUT2D eigenvalue weighted by molar-refractivity contribution is -0.132. The molecule has 4 heteroatoms. The molecule has 1 fully saturated rings. The summed E-state index contributed by atoms with van der Waals surface area (Å²) in [5.41, 5.74) is 1.28. The fraction of sp³-hybridized carbons (Fsp3) is 0.400. The summed E-state index contributed by atoms with van der Waals surface area (Å²) in [6.07, 6.45) is 3.86. The van der Waals surface area contributed by atoms with Crippen LogP contribution in [0.15, 0.2) is 34.3 Å². The van der Waals surface area contributed by atoms with Crippen LogP contribution in [0.25, 0.3) is 0 Å². The molecule has 0 bridgehead atoms. The molecule has 1 aliphatic rings. The van der Waals surface area contributed by atoms with E-state index in [1.807, 2.05) is 0 Å². The maximum Gasteiger partial charge on any atom is 0.223 e. The van der Waals surface area contributed by atoms with Crippen molar-refractivity contribution in [1.29, 1.82) is 0 Å². The smallest absolute Gasteiger partial charge is 0.223 e. The summed E-state index contributed by atoms with van der Waals surface area (Å²) in [4.78, 5) is 15.7. The van der Waals surface area contributed by atoms with Gasteiger partial charge < -0.3 is 4.90 Å². The Morgan fingerprint density at radius 1 is 1.32 bits per heavy atom. The Morgan fingerprint density at radius 3 is 2.84 bits per heavy atom. The van der Waals surface area contributed by atoms with Gasteiger partial charge in [-0.2, -0.15) is 11.3 Å². The minimum atomic E-state index is 0.308. The highest BCUT2D eigenvalue weighted by molar-refractivity contribution is 7.09. The molecule has 2 heterocycles. The van der Waals surface area contributed by atoms with Crippen molar-refractivity contribution in [3.63, 3.8) is 0 Å². The lowest BCUT2D eigenvalue weighted by atomic mass is 10.2. The molecule has 1 saturated carbocycles. The number of thiophene rings is 2. The second kappa shape index (κ2) is 5.88. The number of amides is 1. The van der Waals surface area contributed by atoms with Crippen LogP contribution in [0, 0.1) is 0 Å².